The Morgan fingerprint density at radius 2 is 2.22 bits per heavy atom. The van der Waals surface area contributed by atoms with Gasteiger partial charge in [-0.05, 0) is 26.2 Å². The summed E-state index contributed by atoms with van der Waals surface area (Å²) < 4.78 is 5.07. The zero-order valence-corrected chi connectivity index (χ0v) is 11.8. The van der Waals surface area contributed by atoms with E-state index in [1.165, 1.54) is 0 Å². The third kappa shape index (κ3) is 3.02. The number of thiazole rings is 1. The fourth-order valence-electron chi connectivity index (χ4n) is 2.17. The molecular weight excluding hydrogens is 248 g/mol. The minimum Gasteiger partial charge on any atom is -0.466 e. The van der Waals surface area contributed by atoms with Crippen LogP contribution >= 0.6 is 11.3 Å². The molecule has 0 saturated carbocycles. The number of hydrogen-bond donors (Lipinski definition) is 0. The van der Waals surface area contributed by atoms with Gasteiger partial charge in [0.2, 0.25) is 0 Å². The summed E-state index contributed by atoms with van der Waals surface area (Å²) in [6, 6.07) is 0. The Bertz CT molecular complexity index is 397. The van der Waals surface area contributed by atoms with Crippen LogP contribution in [0.15, 0.2) is 5.38 Å². The van der Waals surface area contributed by atoms with E-state index in [1.807, 2.05) is 6.92 Å². The van der Waals surface area contributed by atoms with Crippen LogP contribution in [0.2, 0.25) is 0 Å². The number of anilines is 1. The van der Waals surface area contributed by atoms with E-state index in [0.717, 1.165) is 43.2 Å². The highest BCUT2D eigenvalue weighted by molar-refractivity contribution is 7.13. The van der Waals surface area contributed by atoms with Crippen LogP contribution in [0, 0.1) is 5.92 Å². The summed E-state index contributed by atoms with van der Waals surface area (Å²) in [5.41, 5.74) is 1.16. The average Bonchev–Trinajstić information content (AvgIpc) is 2.88. The summed E-state index contributed by atoms with van der Waals surface area (Å²) in [7, 11) is 0. The molecule has 100 valence electrons. The first-order valence-corrected chi connectivity index (χ1v) is 7.48. The summed E-state index contributed by atoms with van der Waals surface area (Å²) in [5, 5.41) is 3.21. The van der Waals surface area contributed by atoms with Gasteiger partial charge in [-0.2, -0.15) is 0 Å². The topological polar surface area (TPSA) is 42.4 Å². The van der Waals surface area contributed by atoms with Crippen molar-refractivity contribution < 1.29 is 9.53 Å². The molecule has 0 amide bonds. The van der Waals surface area contributed by atoms with Crippen molar-refractivity contribution in [1.29, 1.82) is 0 Å². The molecule has 1 fully saturated rings. The largest absolute Gasteiger partial charge is 0.466 e. The maximum absolute atomic E-state index is 11.6. The normalized spacial score (nSPS) is 16.9. The summed E-state index contributed by atoms with van der Waals surface area (Å²) in [6.07, 6.45) is 2.73. The molecule has 18 heavy (non-hydrogen) atoms. The fourth-order valence-corrected chi connectivity index (χ4v) is 3.13. The molecule has 1 aromatic rings. The first kappa shape index (κ1) is 13.3. The Morgan fingerprint density at radius 3 is 2.78 bits per heavy atom. The summed E-state index contributed by atoms with van der Waals surface area (Å²) >= 11 is 1.70. The second-order valence-corrected chi connectivity index (χ2v) is 5.32. The minimum atomic E-state index is -0.0365. The number of carbonyl (C=O) groups is 1. The lowest BCUT2D eigenvalue weighted by Crippen LogP contribution is -2.36. The number of hydrogen-bond acceptors (Lipinski definition) is 5. The van der Waals surface area contributed by atoms with E-state index in [4.69, 9.17) is 4.74 Å². The van der Waals surface area contributed by atoms with Crippen LogP contribution in [-0.2, 0) is 16.0 Å². The highest BCUT2D eigenvalue weighted by Gasteiger charge is 2.26. The molecule has 0 radical (unpaired) electrons. The molecule has 0 N–H and O–H groups in total. The molecule has 0 aromatic carbocycles. The number of piperidine rings is 1. The summed E-state index contributed by atoms with van der Waals surface area (Å²) in [4.78, 5) is 18.5. The Labute approximate surface area is 112 Å². The van der Waals surface area contributed by atoms with Gasteiger partial charge in [-0.25, -0.2) is 4.98 Å². The van der Waals surface area contributed by atoms with Gasteiger partial charge < -0.3 is 9.64 Å². The lowest BCUT2D eigenvalue weighted by molar-refractivity contribution is -0.148. The van der Waals surface area contributed by atoms with Gasteiger partial charge in [-0.15, -0.1) is 11.3 Å². The van der Waals surface area contributed by atoms with Gasteiger partial charge in [-0.3, -0.25) is 4.79 Å². The number of nitrogens with zero attached hydrogens (tertiary/aromatic N) is 2. The molecule has 1 saturated heterocycles. The maximum Gasteiger partial charge on any atom is 0.309 e. The van der Waals surface area contributed by atoms with Crippen LogP contribution in [0.3, 0.4) is 0 Å². The molecule has 0 aliphatic carbocycles. The molecule has 1 aliphatic heterocycles. The van der Waals surface area contributed by atoms with Gasteiger partial charge >= 0.3 is 5.97 Å². The SMILES string of the molecule is CCOC(=O)C1CCN(c2nc(CC)cs2)CC1. The third-order valence-electron chi connectivity index (χ3n) is 3.29. The molecule has 0 bridgehead atoms. The van der Waals surface area contributed by atoms with Crippen molar-refractivity contribution in [3.63, 3.8) is 0 Å². The Kier molecular flexibility index (Phi) is 4.58. The number of ether oxygens (including phenoxy) is 1. The Morgan fingerprint density at radius 1 is 1.50 bits per heavy atom. The monoisotopic (exact) mass is 268 g/mol. The molecule has 4 nitrogen and oxygen atoms in total. The number of aromatic nitrogens is 1. The van der Waals surface area contributed by atoms with Gasteiger partial charge in [-0.1, -0.05) is 6.92 Å². The molecule has 1 aromatic heterocycles. The van der Waals surface area contributed by atoms with Gasteiger partial charge in [0.1, 0.15) is 0 Å². The number of carbonyl (C=O) groups excluding carboxylic acids is 1. The first-order valence-electron chi connectivity index (χ1n) is 6.60. The molecule has 2 heterocycles. The van der Waals surface area contributed by atoms with Gasteiger partial charge in [0.05, 0.1) is 18.2 Å². The summed E-state index contributed by atoms with van der Waals surface area (Å²) in [6.45, 7) is 6.26. The Hall–Kier alpha value is -1.10. The van der Waals surface area contributed by atoms with Crippen molar-refractivity contribution in [2.45, 2.75) is 33.1 Å². The zero-order chi connectivity index (χ0) is 13.0. The van der Waals surface area contributed by atoms with Crippen molar-refractivity contribution in [1.82, 2.24) is 4.98 Å². The van der Waals surface area contributed by atoms with E-state index in [-0.39, 0.29) is 11.9 Å². The number of aryl methyl sites for hydroxylation is 1. The van der Waals surface area contributed by atoms with Crippen molar-refractivity contribution in [2.75, 3.05) is 24.6 Å². The predicted molar refractivity (Wildman–Crippen MR) is 73.1 cm³/mol. The van der Waals surface area contributed by atoms with E-state index < -0.39 is 0 Å². The smallest absolute Gasteiger partial charge is 0.309 e. The molecule has 1 aliphatic rings. The van der Waals surface area contributed by atoms with Crippen molar-refractivity contribution in [3.05, 3.63) is 11.1 Å². The lowest BCUT2D eigenvalue weighted by atomic mass is 9.97. The highest BCUT2D eigenvalue weighted by atomic mass is 32.1. The Balaban J connectivity index is 1.88. The van der Waals surface area contributed by atoms with Crippen molar-refractivity contribution >= 4 is 22.4 Å². The van der Waals surface area contributed by atoms with E-state index >= 15 is 0 Å². The second-order valence-electron chi connectivity index (χ2n) is 4.49. The standard InChI is InChI=1S/C13H20N2O2S/c1-3-11-9-18-13(14-11)15-7-5-10(6-8-15)12(16)17-4-2/h9-10H,3-8H2,1-2H3. The first-order chi connectivity index (χ1) is 8.74. The number of esters is 1. The third-order valence-corrected chi connectivity index (χ3v) is 4.24. The van der Waals surface area contributed by atoms with Gasteiger partial charge in [0.15, 0.2) is 5.13 Å². The molecule has 0 atom stereocenters. The van der Waals surface area contributed by atoms with Crippen LogP contribution in [0.5, 0.6) is 0 Å². The molecular formula is C13H20N2O2S. The maximum atomic E-state index is 11.6. The van der Waals surface area contributed by atoms with Gasteiger partial charge in [0.25, 0.3) is 0 Å². The van der Waals surface area contributed by atoms with Crippen LogP contribution in [0.4, 0.5) is 5.13 Å². The van der Waals surface area contributed by atoms with E-state index in [1.54, 1.807) is 11.3 Å². The van der Waals surface area contributed by atoms with Crippen molar-refractivity contribution in [2.24, 2.45) is 5.92 Å². The van der Waals surface area contributed by atoms with Crippen LogP contribution in [-0.4, -0.2) is 30.6 Å². The van der Waals surface area contributed by atoms with Crippen molar-refractivity contribution in [3.8, 4) is 0 Å². The number of rotatable bonds is 4. The predicted octanol–water partition coefficient (Wildman–Crippen LogP) is 2.49. The molecule has 0 unspecified atom stereocenters. The second kappa shape index (κ2) is 6.18. The fraction of sp³-hybridized carbons (Fsp3) is 0.692. The molecule has 5 heteroatoms. The van der Waals surface area contributed by atoms with Crippen LogP contribution < -0.4 is 4.90 Å². The van der Waals surface area contributed by atoms with E-state index in [9.17, 15) is 4.79 Å². The van der Waals surface area contributed by atoms with Crippen LogP contribution in [0.1, 0.15) is 32.4 Å². The van der Waals surface area contributed by atoms with E-state index in [2.05, 4.69) is 22.2 Å². The average molecular weight is 268 g/mol. The summed E-state index contributed by atoms with van der Waals surface area (Å²) in [5.74, 6) is 0.0392. The minimum absolute atomic E-state index is 0.0365. The zero-order valence-electron chi connectivity index (χ0n) is 11.0. The quantitative estimate of drug-likeness (QED) is 0.787. The van der Waals surface area contributed by atoms with Crippen LogP contribution in [0.25, 0.3) is 0 Å². The molecule has 0 spiro atoms. The van der Waals surface area contributed by atoms with Gasteiger partial charge in [0, 0.05) is 18.5 Å². The van der Waals surface area contributed by atoms with E-state index in [0.29, 0.717) is 6.61 Å². The highest BCUT2D eigenvalue weighted by Crippen LogP contribution is 2.26. The lowest BCUT2D eigenvalue weighted by Gasteiger charge is -2.30. The molecule has 2 rings (SSSR count).